The number of aromatic hydroxyl groups is 2. The van der Waals surface area contributed by atoms with Crippen molar-refractivity contribution in [1.82, 2.24) is 9.78 Å². The van der Waals surface area contributed by atoms with Gasteiger partial charge in [0.15, 0.2) is 0 Å². The number of halogens is 2. The topological polar surface area (TPSA) is 58.3 Å². The van der Waals surface area contributed by atoms with Crippen molar-refractivity contribution < 1.29 is 10.2 Å². The van der Waals surface area contributed by atoms with Gasteiger partial charge in [0.25, 0.3) is 0 Å². The number of rotatable bonds is 2. The maximum absolute atomic E-state index is 9.44. The van der Waals surface area contributed by atoms with Gasteiger partial charge in [0.05, 0.1) is 11.4 Å². The highest BCUT2D eigenvalue weighted by atomic mass is 79.9. The Kier molecular flexibility index (Phi) is 3.73. The van der Waals surface area contributed by atoms with Gasteiger partial charge in [-0.15, -0.1) is 0 Å². The Morgan fingerprint density at radius 3 is 2.19 bits per heavy atom. The van der Waals surface area contributed by atoms with E-state index in [2.05, 4.69) is 37.0 Å². The predicted molar refractivity (Wildman–Crippen MR) is 87.7 cm³/mol. The van der Waals surface area contributed by atoms with Crippen molar-refractivity contribution in [2.24, 2.45) is 0 Å². The molecule has 0 unspecified atom stereocenters. The van der Waals surface area contributed by atoms with Crippen molar-refractivity contribution in [2.45, 2.75) is 0 Å². The average Bonchev–Trinajstić information content (AvgIpc) is 2.87. The van der Waals surface area contributed by atoms with Crippen LogP contribution in [-0.2, 0) is 0 Å². The zero-order chi connectivity index (χ0) is 15.0. The molecule has 3 aromatic rings. The van der Waals surface area contributed by atoms with E-state index in [0.29, 0.717) is 0 Å². The van der Waals surface area contributed by atoms with Crippen molar-refractivity contribution in [3.8, 4) is 28.4 Å². The van der Waals surface area contributed by atoms with Crippen molar-refractivity contribution in [3.63, 3.8) is 0 Å². The molecule has 0 atom stereocenters. The molecule has 4 nitrogen and oxygen atoms in total. The Morgan fingerprint density at radius 1 is 0.857 bits per heavy atom. The summed E-state index contributed by atoms with van der Waals surface area (Å²) in [5.74, 6) is 0.394. The van der Waals surface area contributed by atoms with Crippen molar-refractivity contribution in [3.05, 3.63) is 57.6 Å². The van der Waals surface area contributed by atoms with E-state index in [9.17, 15) is 10.2 Å². The summed E-state index contributed by atoms with van der Waals surface area (Å²) in [6.45, 7) is 0. The summed E-state index contributed by atoms with van der Waals surface area (Å²) in [4.78, 5) is 0. The molecule has 2 aromatic carbocycles. The van der Waals surface area contributed by atoms with E-state index in [1.165, 1.54) is 0 Å². The molecule has 0 aliphatic rings. The maximum atomic E-state index is 9.44. The summed E-state index contributed by atoms with van der Waals surface area (Å²) in [5, 5.41) is 23.4. The molecule has 6 heteroatoms. The third kappa shape index (κ3) is 2.82. The number of benzene rings is 2. The van der Waals surface area contributed by atoms with Crippen LogP contribution in [0.15, 0.2) is 57.6 Å². The zero-order valence-electron chi connectivity index (χ0n) is 10.7. The number of hydrogen-bond donors (Lipinski definition) is 2. The standard InChI is InChI=1S/C15H10Br2N2O2/c16-12-7-9(20)1-3-11(12)14-5-6-19(18-14)15-4-2-10(21)8-13(15)17/h1-8,20-21H. The Balaban J connectivity index is 2.03. The van der Waals surface area contributed by atoms with Crippen LogP contribution >= 0.6 is 31.9 Å². The Bertz CT molecular complexity index is 749. The molecule has 2 N–H and O–H groups in total. The van der Waals surface area contributed by atoms with Crippen LogP contribution in [0.4, 0.5) is 0 Å². The lowest BCUT2D eigenvalue weighted by molar-refractivity contribution is 0.474. The number of phenols is 2. The first-order chi connectivity index (χ1) is 10.0. The van der Waals surface area contributed by atoms with Gasteiger partial charge in [-0.05, 0) is 74.3 Å². The van der Waals surface area contributed by atoms with Gasteiger partial charge in [0.1, 0.15) is 11.5 Å². The first-order valence-electron chi connectivity index (χ1n) is 6.08. The molecule has 0 fully saturated rings. The van der Waals surface area contributed by atoms with Crippen LogP contribution in [0.3, 0.4) is 0 Å². The van der Waals surface area contributed by atoms with E-state index in [1.807, 2.05) is 12.3 Å². The molecule has 0 bridgehead atoms. The van der Waals surface area contributed by atoms with Gasteiger partial charge in [0.2, 0.25) is 0 Å². The Labute approximate surface area is 137 Å². The fraction of sp³-hybridized carbons (Fsp3) is 0. The average molecular weight is 410 g/mol. The second kappa shape index (κ2) is 5.54. The zero-order valence-corrected chi connectivity index (χ0v) is 13.8. The van der Waals surface area contributed by atoms with Gasteiger partial charge < -0.3 is 10.2 Å². The number of hydrogen-bond acceptors (Lipinski definition) is 3. The van der Waals surface area contributed by atoms with Gasteiger partial charge in [-0.1, -0.05) is 0 Å². The highest BCUT2D eigenvalue weighted by molar-refractivity contribution is 9.11. The summed E-state index contributed by atoms with van der Waals surface area (Å²) in [6, 6.07) is 11.9. The van der Waals surface area contributed by atoms with E-state index in [4.69, 9.17) is 0 Å². The third-order valence-corrected chi connectivity index (χ3v) is 4.29. The minimum atomic E-state index is 0.194. The van der Waals surface area contributed by atoms with Crippen molar-refractivity contribution >= 4 is 31.9 Å². The van der Waals surface area contributed by atoms with Gasteiger partial charge in [-0.3, -0.25) is 0 Å². The Hall–Kier alpha value is -1.79. The van der Waals surface area contributed by atoms with E-state index in [-0.39, 0.29) is 11.5 Å². The normalized spacial score (nSPS) is 10.8. The summed E-state index contributed by atoms with van der Waals surface area (Å²) < 4.78 is 3.25. The molecule has 106 valence electrons. The second-order valence-electron chi connectivity index (χ2n) is 4.45. The fourth-order valence-electron chi connectivity index (χ4n) is 2.00. The van der Waals surface area contributed by atoms with E-state index < -0.39 is 0 Å². The van der Waals surface area contributed by atoms with Crippen molar-refractivity contribution in [2.75, 3.05) is 0 Å². The molecule has 21 heavy (non-hydrogen) atoms. The van der Waals surface area contributed by atoms with Gasteiger partial charge in [0, 0.05) is 20.7 Å². The maximum Gasteiger partial charge on any atom is 0.116 e. The summed E-state index contributed by atoms with van der Waals surface area (Å²) in [6.07, 6.45) is 1.84. The molecule has 0 saturated carbocycles. The van der Waals surface area contributed by atoms with Crippen LogP contribution in [0.5, 0.6) is 11.5 Å². The molecule has 0 aliphatic carbocycles. The number of phenolic OH excluding ortho intramolecular Hbond substituents is 2. The second-order valence-corrected chi connectivity index (χ2v) is 6.15. The van der Waals surface area contributed by atoms with Crippen LogP contribution in [0, 0.1) is 0 Å². The molecular weight excluding hydrogens is 400 g/mol. The monoisotopic (exact) mass is 408 g/mol. The summed E-state index contributed by atoms with van der Waals surface area (Å²) in [7, 11) is 0. The summed E-state index contributed by atoms with van der Waals surface area (Å²) >= 11 is 6.83. The van der Waals surface area contributed by atoms with E-state index in [0.717, 1.165) is 25.9 Å². The molecule has 0 radical (unpaired) electrons. The number of aromatic nitrogens is 2. The highest BCUT2D eigenvalue weighted by Gasteiger charge is 2.10. The molecule has 0 aliphatic heterocycles. The SMILES string of the molecule is Oc1ccc(-c2ccn(-c3ccc(O)cc3Br)n2)c(Br)c1. The van der Waals surface area contributed by atoms with E-state index >= 15 is 0 Å². The Morgan fingerprint density at radius 2 is 1.52 bits per heavy atom. The molecule has 0 saturated heterocycles. The third-order valence-electron chi connectivity index (χ3n) is 3.00. The van der Waals surface area contributed by atoms with Crippen LogP contribution in [0.1, 0.15) is 0 Å². The fourth-order valence-corrected chi connectivity index (χ4v) is 3.11. The van der Waals surface area contributed by atoms with Gasteiger partial charge in [-0.25, -0.2) is 4.68 Å². The first-order valence-corrected chi connectivity index (χ1v) is 7.66. The van der Waals surface area contributed by atoms with Crippen LogP contribution in [0.25, 0.3) is 16.9 Å². The number of nitrogens with zero attached hydrogens (tertiary/aromatic N) is 2. The van der Waals surface area contributed by atoms with Crippen LogP contribution in [-0.4, -0.2) is 20.0 Å². The minimum Gasteiger partial charge on any atom is -0.508 e. The smallest absolute Gasteiger partial charge is 0.116 e. The quantitative estimate of drug-likeness (QED) is 0.656. The van der Waals surface area contributed by atoms with Crippen LogP contribution in [0.2, 0.25) is 0 Å². The lowest BCUT2D eigenvalue weighted by Gasteiger charge is -2.05. The molecule has 3 rings (SSSR count). The lowest BCUT2D eigenvalue weighted by atomic mass is 10.1. The van der Waals surface area contributed by atoms with E-state index in [1.54, 1.807) is 41.1 Å². The molecule has 1 aromatic heterocycles. The molecule has 0 spiro atoms. The molecule has 0 amide bonds. The minimum absolute atomic E-state index is 0.194. The first kappa shape index (κ1) is 14.2. The van der Waals surface area contributed by atoms with Gasteiger partial charge in [-0.2, -0.15) is 5.10 Å². The van der Waals surface area contributed by atoms with Gasteiger partial charge >= 0.3 is 0 Å². The summed E-state index contributed by atoms with van der Waals surface area (Å²) in [5.41, 5.74) is 2.50. The largest absolute Gasteiger partial charge is 0.508 e. The molecule has 1 heterocycles. The van der Waals surface area contributed by atoms with Crippen LogP contribution < -0.4 is 0 Å². The molecular formula is C15H10Br2N2O2. The highest BCUT2D eigenvalue weighted by Crippen LogP contribution is 2.31. The predicted octanol–water partition coefficient (Wildman–Crippen LogP) is 4.48. The lowest BCUT2D eigenvalue weighted by Crippen LogP contribution is -1.96. The van der Waals surface area contributed by atoms with Crippen molar-refractivity contribution in [1.29, 1.82) is 0 Å².